The van der Waals surface area contributed by atoms with Crippen LogP contribution in [0.1, 0.15) is 41.2 Å². The summed E-state index contributed by atoms with van der Waals surface area (Å²) in [6, 6.07) is 16.3. The standard InChI is InChI=1S/C26H24N4O3S/c1-16(25-28-22(15-34-25)17-8-3-2-4-9-17)27-23(31)18-10-7-11-19(14-18)30-26(33)21-13-6-5-12-20(21)24(32)29-30/h2-11,14-16,20-21H,12-13H2,1H3,(H,27,31)(H,29,32). The molecule has 1 aliphatic heterocycles. The monoisotopic (exact) mass is 472 g/mol. The topological polar surface area (TPSA) is 91.4 Å². The number of anilines is 1. The molecule has 1 saturated heterocycles. The summed E-state index contributed by atoms with van der Waals surface area (Å²) in [5, 5.41) is 7.04. The first-order chi connectivity index (χ1) is 16.5. The van der Waals surface area contributed by atoms with Gasteiger partial charge < -0.3 is 5.32 Å². The number of nitrogens with zero attached hydrogens (tertiary/aromatic N) is 2. The SMILES string of the molecule is CC(NC(=O)c1cccc(N2NC(=O)C3CC=CCC3C2=O)c1)c1nc(-c2ccccc2)cs1. The van der Waals surface area contributed by atoms with Crippen LogP contribution >= 0.6 is 11.3 Å². The van der Waals surface area contributed by atoms with Crippen LogP contribution in [0.3, 0.4) is 0 Å². The van der Waals surface area contributed by atoms with Gasteiger partial charge >= 0.3 is 0 Å². The maximum atomic E-state index is 13.0. The summed E-state index contributed by atoms with van der Waals surface area (Å²) in [6.45, 7) is 1.89. The zero-order valence-electron chi connectivity index (χ0n) is 18.6. The first-order valence-electron chi connectivity index (χ1n) is 11.2. The number of rotatable bonds is 5. The molecule has 0 saturated carbocycles. The number of aromatic nitrogens is 1. The van der Waals surface area contributed by atoms with Crippen molar-refractivity contribution in [2.75, 3.05) is 5.01 Å². The Kier molecular flexibility index (Phi) is 5.98. The Morgan fingerprint density at radius 3 is 2.65 bits per heavy atom. The second-order valence-corrected chi connectivity index (χ2v) is 9.38. The summed E-state index contributed by atoms with van der Waals surface area (Å²) in [6.07, 6.45) is 5.01. The van der Waals surface area contributed by atoms with Crippen LogP contribution in [0, 0.1) is 11.8 Å². The van der Waals surface area contributed by atoms with E-state index in [0.717, 1.165) is 16.3 Å². The molecule has 0 spiro atoms. The molecule has 1 aliphatic carbocycles. The lowest BCUT2D eigenvalue weighted by atomic mass is 9.80. The van der Waals surface area contributed by atoms with Crippen molar-refractivity contribution in [1.82, 2.24) is 15.7 Å². The third kappa shape index (κ3) is 4.24. The Balaban J connectivity index is 1.30. The molecule has 7 nitrogen and oxygen atoms in total. The summed E-state index contributed by atoms with van der Waals surface area (Å²) in [7, 11) is 0. The lowest BCUT2D eigenvalue weighted by Crippen LogP contribution is -2.59. The zero-order valence-corrected chi connectivity index (χ0v) is 19.4. The molecule has 2 heterocycles. The molecular weight excluding hydrogens is 448 g/mol. The molecular formula is C26H24N4O3S. The molecule has 5 rings (SSSR count). The van der Waals surface area contributed by atoms with Gasteiger partial charge in [0.15, 0.2) is 0 Å². The molecule has 1 fully saturated rings. The van der Waals surface area contributed by atoms with E-state index < -0.39 is 0 Å². The van der Waals surface area contributed by atoms with E-state index in [9.17, 15) is 14.4 Å². The minimum absolute atomic E-state index is 0.156. The molecule has 0 radical (unpaired) electrons. The van der Waals surface area contributed by atoms with Crippen LogP contribution in [0.2, 0.25) is 0 Å². The Labute approximate surface area is 201 Å². The molecule has 3 atom stereocenters. The molecule has 2 N–H and O–H groups in total. The van der Waals surface area contributed by atoms with Crippen molar-refractivity contribution in [3.63, 3.8) is 0 Å². The first kappa shape index (κ1) is 22.0. The molecule has 8 heteroatoms. The predicted octanol–water partition coefficient (Wildman–Crippen LogP) is 4.26. The summed E-state index contributed by atoms with van der Waals surface area (Å²) >= 11 is 1.49. The fourth-order valence-corrected chi connectivity index (χ4v) is 5.17. The number of hydrazine groups is 1. The molecule has 3 amide bonds. The van der Waals surface area contributed by atoms with Gasteiger partial charge in [0.1, 0.15) is 5.01 Å². The van der Waals surface area contributed by atoms with Crippen LogP contribution in [-0.4, -0.2) is 22.7 Å². The maximum absolute atomic E-state index is 13.0. The van der Waals surface area contributed by atoms with Crippen LogP contribution in [0.4, 0.5) is 5.69 Å². The molecule has 3 unspecified atom stereocenters. The highest BCUT2D eigenvalue weighted by Crippen LogP contribution is 2.32. The number of hydrogen-bond donors (Lipinski definition) is 2. The minimum atomic E-state index is -0.375. The van der Waals surface area contributed by atoms with Gasteiger partial charge in [0.25, 0.3) is 5.91 Å². The van der Waals surface area contributed by atoms with Gasteiger partial charge in [-0.15, -0.1) is 11.3 Å². The number of carbonyl (C=O) groups is 3. The second-order valence-electron chi connectivity index (χ2n) is 8.49. The largest absolute Gasteiger partial charge is 0.343 e. The summed E-state index contributed by atoms with van der Waals surface area (Å²) in [5.41, 5.74) is 5.47. The number of carbonyl (C=O) groups excluding carboxylic acids is 3. The third-order valence-electron chi connectivity index (χ3n) is 6.20. The van der Waals surface area contributed by atoms with Crippen LogP contribution in [-0.2, 0) is 9.59 Å². The van der Waals surface area contributed by atoms with Crippen LogP contribution in [0.15, 0.2) is 72.1 Å². The van der Waals surface area contributed by atoms with Crippen LogP contribution in [0.25, 0.3) is 11.3 Å². The summed E-state index contributed by atoms with van der Waals surface area (Å²) in [5.74, 6) is -1.31. The van der Waals surface area contributed by atoms with E-state index in [4.69, 9.17) is 0 Å². The van der Waals surface area contributed by atoms with Gasteiger partial charge in [-0.3, -0.25) is 19.8 Å². The van der Waals surface area contributed by atoms with Gasteiger partial charge in [0.2, 0.25) is 11.8 Å². The zero-order chi connectivity index (χ0) is 23.7. The van der Waals surface area contributed by atoms with E-state index in [1.807, 2.05) is 54.8 Å². The third-order valence-corrected chi connectivity index (χ3v) is 7.23. The van der Waals surface area contributed by atoms with Crippen molar-refractivity contribution in [3.05, 3.63) is 82.7 Å². The van der Waals surface area contributed by atoms with Crippen molar-refractivity contribution in [3.8, 4) is 11.3 Å². The van der Waals surface area contributed by atoms with Gasteiger partial charge in [-0.25, -0.2) is 9.99 Å². The number of amides is 3. The highest BCUT2D eigenvalue weighted by Gasteiger charge is 2.42. The van der Waals surface area contributed by atoms with E-state index in [0.29, 0.717) is 24.1 Å². The number of fused-ring (bicyclic) bond motifs is 1. The van der Waals surface area contributed by atoms with Gasteiger partial charge in [0, 0.05) is 16.5 Å². The molecule has 2 aliphatic rings. The number of hydrogen-bond acceptors (Lipinski definition) is 5. The molecule has 1 aromatic heterocycles. The Morgan fingerprint density at radius 2 is 1.85 bits per heavy atom. The normalized spacial score (nSPS) is 20.4. The first-order valence-corrected chi connectivity index (χ1v) is 12.1. The van der Waals surface area contributed by atoms with E-state index in [1.165, 1.54) is 16.3 Å². The fourth-order valence-electron chi connectivity index (χ4n) is 4.34. The average molecular weight is 473 g/mol. The summed E-state index contributed by atoms with van der Waals surface area (Å²) in [4.78, 5) is 43.3. The van der Waals surface area contributed by atoms with Crippen molar-refractivity contribution in [2.24, 2.45) is 11.8 Å². The van der Waals surface area contributed by atoms with Crippen LogP contribution < -0.4 is 15.8 Å². The Bertz CT molecular complexity index is 1270. The lowest BCUT2D eigenvalue weighted by Gasteiger charge is -2.38. The van der Waals surface area contributed by atoms with E-state index >= 15 is 0 Å². The van der Waals surface area contributed by atoms with Crippen molar-refractivity contribution in [2.45, 2.75) is 25.8 Å². The van der Waals surface area contributed by atoms with Gasteiger partial charge in [-0.05, 0) is 38.0 Å². The van der Waals surface area contributed by atoms with Gasteiger partial charge in [-0.2, -0.15) is 0 Å². The van der Waals surface area contributed by atoms with E-state index in [1.54, 1.807) is 24.3 Å². The quantitative estimate of drug-likeness (QED) is 0.543. The van der Waals surface area contributed by atoms with Crippen molar-refractivity contribution >= 4 is 34.7 Å². The average Bonchev–Trinajstić information content (AvgIpc) is 3.37. The maximum Gasteiger partial charge on any atom is 0.251 e. The van der Waals surface area contributed by atoms with Crippen molar-refractivity contribution in [1.29, 1.82) is 0 Å². The molecule has 0 bridgehead atoms. The van der Waals surface area contributed by atoms with Crippen LogP contribution in [0.5, 0.6) is 0 Å². The smallest absolute Gasteiger partial charge is 0.251 e. The number of nitrogens with one attached hydrogen (secondary N) is 2. The molecule has 3 aromatic rings. The molecule has 172 valence electrons. The fraction of sp³-hybridized carbons (Fsp3) is 0.231. The Hall–Kier alpha value is -3.78. The van der Waals surface area contributed by atoms with E-state index in [-0.39, 0.29) is 35.6 Å². The lowest BCUT2D eigenvalue weighted by molar-refractivity contribution is -0.139. The number of thiazole rings is 1. The molecule has 34 heavy (non-hydrogen) atoms. The second kappa shape index (κ2) is 9.23. The number of allylic oxidation sites excluding steroid dienone is 2. The summed E-state index contributed by atoms with van der Waals surface area (Å²) < 4.78 is 0. The van der Waals surface area contributed by atoms with Gasteiger partial charge in [0.05, 0.1) is 29.3 Å². The van der Waals surface area contributed by atoms with E-state index in [2.05, 4.69) is 15.7 Å². The minimum Gasteiger partial charge on any atom is -0.343 e. The highest BCUT2D eigenvalue weighted by molar-refractivity contribution is 7.10. The highest BCUT2D eigenvalue weighted by atomic mass is 32.1. The molecule has 2 aromatic carbocycles. The Morgan fingerprint density at radius 1 is 1.09 bits per heavy atom. The van der Waals surface area contributed by atoms with Crippen molar-refractivity contribution < 1.29 is 14.4 Å². The van der Waals surface area contributed by atoms with Gasteiger partial charge in [-0.1, -0.05) is 48.6 Å². The number of benzene rings is 2. The predicted molar refractivity (Wildman–Crippen MR) is 131 cm³/mol.